The Morgan fingerprint density at radius 1 is 1.47 bits per heavy atom. The fraction of sp³-hybridized carbons (Fsp3) is 0.500. The van der Waals surface area contributed by atoms with Gasteiger partial charge in [-0.15, -0.1) is 0 Å². The predicted molar refractivity (Wildman–Crippen MR) is 67.1 cm³/mol. The zero-order valence-corrected chi connectivity index (χ0v) is 10.4. The summed E-state index contributed by atoms with van der Waals surface area (Å²) in [5.74, 6) is 0.963. The number of aromatic hydroxyl groups is 1. The van der Waals surface area contributed by atoms with Crippen LogP contribution in [0.25, 0.3) is 0 Å². The Kier molecular flexibility index (Phi) is 3.36. The van der Waals surface area contributed by atoms with E-state index in [9.17, 15) is 9.90 Å². The second-order valence-corrected chi connectivity index (χ2v) is 4.98. The van der Waals surface area contributed by atoms with Gasteiger partial charge in [0.25, 0.3) is 5.91 Å². The zero-order chi connectivity index (χ0) is 12.4. The first-order valence-electron chi connectivity index (χ1n) is 6.13. The van der Waals surface area contributed by atoms with Crippen LogP contribution in [0.4, 0.5) is 0 Å². The summed E-state index contributed by atoms with van der Waals surface area (Å²) >= 11 is 0. The molecule has 0 spiro atoms. The fourth-order valence-corrected chi connectivity index (χ4v) is 2.15. The Hall–Kier alpha value is -1.51. The van der Waals surface area contributed by atoms with Crippen molar-refractivity contribution in [3.05, 3.63) is 29.3 Å². The van der Waals surface area contributed by atoms with Crippen LogP contribution in [0.5, 0.6) is 5.75 Å². The lowest BCUT2D eigenvalue weighted by molar-refractivity contribution is 0.0745. The van der Waals surface area contributed by atoms with Gasteiger partial charge in [0.1, 0.15) is 5.75 Å². The highest BCUT2D eigenvalue weighted by molar-refractivity contribution is 5.94. The van der Waals surface area contributed by atoms with Crippen molar-refractivity contribution >= 4 is 5.91 Å². The molecule has 0 heterocycles. The van der Waals surface area contributed by atoms with E-state index >= 15 is 0 Å². The Morgan fingerprint density at radius 3 is 2.71 bits per heavy atom. The number of phenolic OH excluding ortho intramolecular Hbond substituents is 1. The number of hydrogen-bond donors (Lipinski definition) is 1. The molecule has 0 saturated heterocycles. The van der Waals surface area contributed by atoms with E-state index in [1.54, 1.807) is 30.0 Å². The molecule has 1 aromatic carbocycles. The number of nitrogens with zero attached hydrogens (tertiary/aromatic N) is 1. The van der Waals surface area contributed by atoms with Gasteiger partial charge in [-0.25, -0.2) is 0 Å². The summed E-state index contributed by atoms with van der Waals surface area (Å²) in [6.45, 7) is 2.65. The van der Waals surface area contributed by atoms with Crippen LogP contribution in [0.3, 0.4) is 0 Å². The monoisotopic (exact) mass is 233 g/mol. The molecule has 0 bridgehead atoms. The molecular weight excluding hydrogens is 214 g/mol. The first kappa shape index (κ1) is 12.0. The minimum Gasteiger partial charge on any atom is -0.508 e. The SMILES string of the molecule is Cc1cc(C(=O)N(C)CC2CCC2)ccc1O. The maximum absolute atomic E-state index is 12.1. The van der Waals surface area contributed by atoms with Gasteiger partial charge < -0.3 is 10.0 Å². The van der Waals surface area contributed by atoms with Crippen LogP contribution < -0.4 is 0 Å². The second kappa shape index (κ2) is 4.78. The molecular formula is C14H19NO2. The van der Waals surface area contributed by atoms with Crippen LogP contribution in [0, 0.1) is 12.8 Å². The minimum absolute atomic E-state index is 0.0417. The molecule has 92 valence electrons. The topological polar surface area (TPSA) is 40.5 Å². The van der Waals surface area contributed by atoms with Crippen molar-refractivity contribution in [2.45, 2.75) is 26.2 Å². The van der Waals surface area contributed by atoms with Crippen LogP contribution in [0.1, 0.15) is 35.2 Å². The van der Waals surface area contributed by atoms with Crippen molar-refractivity contribution < 1.29 is 9.90 Å². The van der Waals surface area contributed by atoms with E-state index in [0.29, 0.717) is 11.5 Å². The predicted octanol–water partition coefficient (Wildman–Crippen LogP) is 2.57. The summed E-state index contributed by atoms with van der Waals surface area (Å²) in [5.41, 5.74) is 1.40. The molecule has 0 atom stereocenters. The van der Waals surface area contributed by atoms with Gasteiger partial charge in [0.2, 0.25) is 0 Å². The maximum Gasteiger partial charge on any atom is 0.253 e. The molecule has 1 saturated carbocycles. The molecule has 1 amide bonds. The fourth-order valence-electron chi connectivity index (χ4n) is 2.15. The number of carbonyl (C=O) groups excluding carboxylic acids is 1. The summed E-state index contributed by atoms with van der Waals surface area (Å²) in [4.78, 5) is 13.9. The van der Waals surface area contributed by atoms with E-state index in [4.69, 9.17) is 0 Å². The number of aryl methyl sites for hydroxylation is 1. The van der Waals surface area contributed by atoms with Crippen molar-refractivity contribution in [2.75, 3.05) is 13.6 Å². The second-order valence-electron chi connectivity index (χ2n) is 4.98. The first-order chi connectivity index (χ1) is 8.08. The summed E-state index contributed by atoms with van der Waals surface area (Å²) in [6.07, 6.45) is 3.78. The first-order valence-corrected chi connectivity index (χ1v) is 6.13. The van der Waals surface area contributed by atoms with E-state index in [-0.39, 0.29) is 11.7 Å². The van der Waals surface area contributed by atoms with Gasteiger partial charge in [0.05, 0.1) is 0 Å². The Labute approximate surface area is 102 Å². The molecule has 0 aliphatic heterocycles. The zero-order valence-electron chi connectivity index (χ0n) is 10.4. The number of carbonyl (C=O) groups is 1. The highest BCUT2D eigenvalue weighted by atomic mass is 16.3. The normalized spacial score (nSPS) is 15.4. The van der Waals surface area contributed by atoms with Crippen LogP contribution in [-0.2, 0) is 0 Å². The average molecular weight is 233 g/mol. The molecule has 1 fully saturated rings. The highest BCUT2D eigenvalue weighted by Gasteiger charge is 2.22. The van der Waals surface area contributed by atoms with E-state index in [0.717, 1.165) is 12.1 Å². The lowest BCUT2D eigenvalue weighted by atomic mass is 9.85. The third kappa shape index (κ3) is 2.60. The molecule has 0 unspecified atom stereocenters. The third-order valence-electron chi connectivity index (χ3n) is 3.55. The van der Waals surface area contributed by atoms with E-state index < -0.39 is 0 Å². The van der Waals surface area contributed by atoms with E-state index in [2.05, 4.69) is 0 Å². The van der Waals surface area contributed by atoms with Gasteiger partial charge in [-0.05, 0) is 49.4 Å². The molecule has 1 N–H and O–H groups in total. The number of phenols is 1. The van der Waals surface area contributed by atoms with Crippen LogP contribution in [0.15, 0.2) is 18.2 Å². The van der Waals surface area contributed by atoms with Crippen LogP contribution in [0.2, 0.25) is 0 Å². The molecule has 1 aliphatic carbocycles. The average Bonchev–Trinajstić information content (AvgIpc) is 2.26. The highest BCUT2D eigenvalue weighted by Crippen LogP contribution is 2.27. The third-order valence-corrected chi connectivity index (χ3v) is 3.55. The standard InChI is InChI=1S/C14H19NO2/c1-10-8-12(6-7-13(10)16)14(17)15(2)9-11-4-3-5-11/h6-8,11,16H,3-5,9H2,1-2H3. The summed E-state index contributed by atoms with van der Waals surface area (Å²) in [7, 11) is 1.85. The lowest BCUT2D eigenvalue weighted by Crippen LogP contribution is -2.34. The quantitative estimate of drug-likeness (QED) is 0.871. The summed E-state index contributed by atoms with van der Waals surface area (Å²) in [6, 6.07) is 5.01. The summed E-state index contributed by atoms with van der Waals surface area (Å²) < 4.78 is 0. The molecule has 1 aliphatic rings. The lowest BCUT2D eigenvalue weighted by Gasteiger charge is -2.30. The number of amides is 1. The van der Waals surface area contributed by atoms with Gasteiger partial charge in [0.15, 0.2) is 0 Å². The van der Waals surface area contributed by atoms with Crippen molar-refractivity contribution in [1.82, 2.24) is 4.90 Å². The Morgan fingerprint density at radius 2 is 2.18 bits per heavy atom. The van der Waals surface area contributed by atoms with Gasteiger partial charge in [0, 0.05) is 19.2 Å². The Bertz CT molecular complexity index is 424. The largest absolute Gasteiger partial charge is 0.508 e. The summed E-state index contributed by atoms with van der Waals surface area (Å²) in [5, 5.41) is 9.43. The molecule has 1 aromatic rings. The van der Waals surface area contributed by atoms with Gasteiger partial charge in [-0.2, -0.15) is 0 Å². The van der Waals surface area contributed by atoms with Gasteiger partial charge in [-0.3, -0.25) is 4.79 Å². The maximum atomic E-state index is 12.1. The molecule has 17 heavy (non-hydrogen) atoms. The number of rotatable bonds is 3. The van der Waals surface area contributed by atoms with Crippen molar-refractivity contribution in [3.8, 4) is 5.75 Å². The van der Waals surface area contributed by atoms with Crippen molar-refractivity contribution in [1.29, 1.82) is 0 Å². The van der Waals surface area contributed by atoms with Crippen LogP contribution in [-0.4, -0.2) is 29.5 Å². The molecule has 2 rings (SSSR count). The molecule has 0 aromatic heterocycles. The number of hydrogen-bond acceptors (Lipinski definition) is 2. The van der Waals surface area contributed by atoms with Gasteiger partial charge >= 0.3 is 0 Å². The molecule has 3 nitrogen and oxygen atoms in total. The number of benzene rings is 1. The van der Waals surface area contributed by atoms with Crippen LogP contribution >= 0.6 is 0 Å². The minimum atomic E-state index is 0.0417. The van der Waals surface area contributed by atoms with Gasteiger partial charge in [-0.1, -0.05) is 6.42 Å². The Balaban J connectivity index is 2.04. The van der Waals surface area contributed by atoms with E-state index in [1.807, 2.05) is 7.05 Å². The molecule has 0 radical (unpaired) electrons. The smallest absolute Gasteiger partial charge is 0.253 e. The van der Waals surface area contributed by atoms with Crippen molar-refractivity contribution in [2.24, 2.45) is 5.92 Å². The van der Waals surface area contributed by atoms with Crippen molar-refractivity contribution in [3.63, 3.8) is 0 Å². The molecule has 3 heteroatoms. The van der Waals surface area contributed by atoms with E-state index in [1.165, 1.54) is 19.3 Å².